The highest BCUT2D eigenvalue weighted by Crippen LogP contribution is 2.39. The van der Waals surface area contributed by atoms with E-state index in [2.05, 4.69) is 21.5 Å². The number of aromatic nitrogens is 2. The average Bonchev–Trinajstić information content (AvgIpc) is 2.85. The summed E-state index contributed by atoms with van der Waals surface area (Å²) in [5.41, 5.74) is 0.275. The summed E-state index contributed by atoms with van der Waals surface area (Å²) >= 11 is 7.56. The van der Waals surface area contributed by atoms with Gasteiger partial charge in [0.15, 0.2) is 0 Å². The smallest absolute Gasteiger partial charge is 0.271 e. The predicted octanol–water partition coefficient (Wildman–Crippen LogP) is 2.54. The molecule has 1 aliphatic carbocycles. The number of nitrogens with zero attached hydrogens (tertiary/aromatic N) is 2. The largest absolute Gasteiger partial charge is 0.349 e. The predicted molar refractivity (Wildman–Crippen MR) is 74.1 cm³/mol. The van der Waals surface area contributed by atoms with E-state index in [1.807, 2.05) is 11.8 Å². The molecule has 1 aromatic heterocycles. The lowest BCUT2D eigenvalue weighted by Crippen LogP contribution is -2.38. The van der Waals surface area contributed by atoms with Gasteiger partial charge in [0, 0.05) is 11.3 Å². The summed E-state index contributed by atoms with van der Waals surface area (Å²) < 4.78 is 0.196. The Labute approximate surface area is 116 Å². The van der Waals surface area contributed by atoms with Crippen molar-refractivity contribution < 1.29 is 4.79 Å². The van der Waals surface area contributed by atoms with Gasteiger partial charge in [-0.15, -0.1) is 0 Å². The molecular weight excluding hydrogens is 270 g/mol. The number of hydrogen-bond acceptors (Lipinski definition) is 4. The molecular formula is C12H16ClN3OS. The summed E-state index contributed by atoms with van der Waals surface area (Å²) in [7, 11) is 0. The first-order chi connectivity index (χ1) is 8.65. The highest BCUT2D eigenvalue weighted by atomic mass is 35.5. The number of thioether (sulfide) groups is 1. The van der Waals surface area contributed by atoms with Crippen molar-refractivity contribution >= 4 is 29.3 Å². The van der Waals surface area contributed by atoms with Crippen LogP contribution in [-0.2, 0) is 0 Å². The molecule has 2 rings (SSSR count). The molecule has 1 saturated carbocycles. The molecule has 6 heteroatoms. The molecule has 4 nitrogen and oxygen atoms in total. The lowest BCUT2D eigenvalue weighted by molar-refractivity contribution is 0.0944. The van der Waals surface area contributed by atoms with Crippen LogP contribution in [0.5, 0.6) is 0 Å². The monoisotopic (exact) mass is 285 g/mol. The van der Waals surface area contributed by atoms with E-state index in [4.69, 9.17) is 11.6 Å². The van der Waals surface area contributed by atoms with Crippen molar-refractivity contribution in [3.63, 3.8) is 0 Å². The van der Waals surface area contributed by atoms with Crippen LogP contribution in [-0.4, -0.2) is 33.4 Å². The lowest BCUT2D eigenvalue weighted by Gasteiger charge is -2.26. The molecule has 0 bridgehead atoms. The first-order valence-electron chi connectivity index (χ1n) is 5.96. The normalized spacial score (nSPS) is 17.7. The van der Waals surface area contributed by atoms with Crippen LogP contribution in [0.4, 0.5) is 0 Å². The molecule has 1 fully saturated rings. The Bertz CT molecular complexity index is 435. The number of carbonyl (C=O) groups excluding carboxylic acids is 1. The van der Waals surface area contributed by atoms with Crippen LogP contribution < -0.4 is 5.32 Å². The van der Waals surface area contributed by atoms with E-state index in [0.717, 1.165) is 12.8 Å². The van der Waals surface area contributed by atoms with E-state index in [1.165, 1.54) is 25.2 Å². The maximum Gasteiger partial charge on any atom is 0.271 e. The van der Waals surface area contributed by atoms with E-state index < -0.39 is 0 Å². The molecule has 0 aliphatic heterocycles. The summed E-state index contributed by atoms with van der Waals surface area (Å²) in [5, 5.41) is 3.18. The summed E-state index contributed by atoms with van der Waals surface area (Å²) in [5.74, 6) is -0.203. The minimum absolute atomic E-state index is 0.196. The van der Waals surface area contributed by atoms with Crippen LogP contribution in [0.15, 0.2) is 12.4 Å². The van der Waals surface area contributed by atoms with Gasteiger partial charge in [-0.1, -0.05) is 24.4 Å². The van der Waals surface area contributed by atoms with E-state index in [0.29, 0.717) is 6.54 Å². The highest BCUT2D eigenvalue weighted by Gasteiger charge is 2.33. The molecule has 0 radical (unpaired) electrons. The zero-order valence-electron chi connectivity index (χ0n) is 10.3. The van der Waals surface area contributed by atoms with Crippen molar-refractivity contribution in [3.05, 3.63) is 23.2 Å². The Morgan fingerprint density at radius 1 is 1.50 bits per heavy atom. The van der Waals surface area contributed by atoms with Crippen molar-refractivity contribution in [2.75, 3.05) is 12.8 Å². The Morgan fingerprint density at radius 3 is 2.83 bits per heavy atom. The molecule has 1 amide bonds. The molecule has 1 aliphatic rings. The van der Waals surface area contributed by atoms with Gasteiger partial charge in [-0.3, -0.25) is 9.78 Å². The van der Waals surface area contributed by atoms with Crippen molar-refractivity contribution in [1.82, 2.24) is 15.3 Å². The third-order valence-corrected chi connectivity index (χ3v) is 4.96. The van der Waals surface area contributed by atoms with Crippen molar-refractivity contribution in [2.24, 2.45) is 0 Å². The molecule has 1 heterocycles. The lowest BCUT2D eigenvalue weighted by atomic mass is 10.1. The van der Waals surface area contributed by atoms with Crippen molar-refractivity contribution in [2.45, 2.75) is 30.4 Å². The van der Waals surface area contributed by atoms with Crippen LogP contribution in [0.2, 0.25) is 5.15 Å². The second-order valence-electron chi connectivity index (χ2n) is 4.50. The summed E-state index contributed by atoms with van der Waals surface area (Å²) in [6, 6.07) is 0. The minimum Gasteiger partial charge on any atom is -0.349 e. The number of amides is 1. The Kier molecular flexibility index (Phi) is 4.45. The Morgan fingerprint density at radius 2 is 2.22 bits per heavy atom. The zero-order chi connectivity index (χ0) is 13.0. The van der Waals surface area contributed by atoms with Gasteiger partial charge in [0.25, 0.3) is 5.91 Å². The summed E-state index contributed by atoms with van der Waals surface area (Å²) in [4.78, 5) is 19.7. The van der Waals surface area contributed by atoms with E-state index in [-0.39, 0.29) is 21.5 Å². The van der Waals surface area contributed by atoms with Crippen molar-refractivity contribution in [3.8, 4) is 0 Å². The first-order valence-corrected chi connectivity index (χ1v) is 7.56. The molecule has 0 unspecified atom stereocenters. The van der Waals surface area contributed by atoms with Crippen LogP contribution in [0.1, 0.15) is 36.2 Å². The maximum atomic E-state index is 11.9. The Hall–Kier alpha value is -0.810. The summed E-state index contributed by atoms with van der Waals surface area (Å²) in [6.07, 6.45) is 9.77. The molecule has 1 N–H and O–H groups in total. The van der Waals surface area contributed by atoms with Gasteiger partial charge in [-0.05, 0) is 19.1 Å². The van der Waals surface area contributed by atoms with E-state index in [9.17, 15) is 4.79 Å². The minimum atomic E-state index is -0.203. The number of carbonyl (C=O) groups is 1. The molecule has 98 valence electrons. The highest BCUT2D eigenvalue weighted by molar-refractivity contribution is 8.00. The van der Waals surface area contributed by atoms with Crippen molar-refractivity contribution in [1.29, 1.82) is 0 Å². The van der Waals surface area contributed by atoms with Gasteiger partial charge in [-0.2, -0.15) is 11.8 Å². The first kappa shape index (κ1) is 13.6. The third kappa shape index (κ3) is 3.14. The van der Waals surface area contributed by atoms with Crippen LogP contribution in [0, 0.1) is 0 Å². The van der Waals surface area contributed by atoms with E-state index in [1.54, 1.807) is 0 Å². The van der Waals surface area contributed by atoms with Crippen LogP contribution >= 0.6 is 23.4 Å². The number of rotatable bonds is 4. The average molecular weight is 286 g/mol. The maximum absolute atomic E-state index is 11.9. The second-order valence-corrected chi connectivity index (χ2v) is 6.17. The fraction of sp³-hybridized carbons (Fsp3) is 0.583. The zero-order valence-corrected chi connectivity index (χ0v) is 11.9. The van der Waals surface area contributed by atoms with Gasteiger partial charge in [-0.25, -0.2) is 4.98 Å². The molecule has 0 aromatic carbocycles. The second kappa shape index (κ2) is 5.89. The van der Waals surface area contributed by atoms with Gasteiger partial charge < -0.3 is 5.32 Å². The third-order valence-electron chi connectivity index (χ3n) is 3.36. The number of hydrogen-bond donors (Lipinski definition) is 1. The van der Waals surface area contributed by atoms with Gasteiger partial charge in [0.1, 0.15) is 10.8 Å². The SMILES string of the molecule is CSC1(CNC(=O)c2cncc(Cl)n2)CCCC1. The van der Waals surface area contributed by atoms with Gasteiger partial charge in [0.2, 0.25) is 0 Å². The number of halogens is 1. The topological polar surface area (TPSA) is 54.9 Å². The standard InChI is InChI=1S/C12H16ClN3OS/c1-18-12(4-2-3-5-12)8-15-11(17)9-6-14-7-10(13)16-9/h6-7H,2-5,8H2,1H3,(H,15,17). The van der Waals surface area contributed by atoms with Gasteiger partial charge >= 0.3 is 0 Å². The van der Waals surface area contributed by atoms with E-state index >= 15 is 0 Å². The molecule has 18 heavy (non-hydrogen) atoms. The van der Waals surface area contributed by atoms with Gasteiger partial charge in [0.05, 0.1) is 12.4 Å². The van der Waals surface area contributed by atoms with Crippen LogP contribution in [0.25, 0.3) is 0 Å². The molecule has 0 saturated heterocycles. The molecule has 0 spiro atoms. The fourth-order valence-corrected chi connectivity index (χ4v) is 3.32. The quantitative estimate of drug-likeness (QED) is 0.924. The molecule has 0 atom stereocenters. The van der Waals surface area contributed by atoms with Crippen LogP contribution in [0.3, 0.4) is 0 Å². The summed E-state index contributed by atoms with van der Waals surface area (Å²) in [6.45, 7) is 0.682. The number of nitrogens with one attached hydrogen (secondary N) is 1. The fourth-order valence-electron chi connectivity index (χ4n) is 2.26. The Balaban J connectivity index is 1.96. The molecule has 1 aromatic rings.